The van der Waals surface area contributed by atoms with Crippen LogP contribution >= 0.6 is 11.8 Å². The molecule has 216 valence electrons. The molecular weight excluding hydrogens is 522 g/mol. The highest BCUT2D eigenvalue weighted by molar-refractivity contribution is 8.02. The van der Waals surface area contributed by atoms with E-state index in [0.29, 0.717) is 19.6 Å². The molecule has 3 amide bonds. The Bertz CT molecular complexity index is 1260. The van der Waals surface area contributed by atoms with Crippen molar-refractivity contribution in [1.29, 1.82) is 0 Å². The van der Waals surface area contributed by atoms with E-state index in [1.54, 1.807) is 21.6 Å². The van der Waals surface area contributed by atoms with E-state index >= 15 is 0 Å². The number of hydrogen-bond acceptors (Lipinski definition) is 5. The molecule has 4 heterocycles. The second kappa shape index (κ2) is 10.7. The number of benzene rings is 1. The highest BCUT2D eigenvalue weighted by atomic mass is 32.2. The molecule has 7 nitrogen and oxygen atoms in total. The molecule has 0 saturated carbocycles. The lowest BCUT2D eigenvalue weighted by Crippen LogP contribution is -2.58. The number of carbonyl (C=O) groups excluding carboxylic acids is 3. The summed E-state index contributed by atoms with van der Waals surface area (Å²) in [4.78, 5) is 49.1. The molecule has 2 saturated heterocycles. The van der Waals surface area contributed by atoms with Gasteiger partial charge in [0.15, 0.2) is 0 Å². The van der Waals surface area contributed by atoms with Crippen LogP contribution in [0.15, 0.2) is 42.5 Å². The average molecular weight is 566 g/mol. The SMILES string of the molecule is CCCN1CC=C[C@@]2(C)S[C@]34C=CCN(c5cc(C)ccc5C)C(=O)C3N([C@@H](CO)[C@@H](C)CC)C(=O)[C@@H]4[C@H]2C1=O. The quantitative estimate of drug-likeness (QED) is 0.504. The second-order valence-corrected chi connectivity index (χ2v) is 14.0. The van der Waals surface area contributed by atoms with Crippen molar-refractivity contribution in [2.75, 3.05) is 31.1 Å². The van der Waals surface area contributed by atoms with Gasteiger partial charge >= 0.3 is 0 Å². The molecule has 1 spiro atoms. The van der Waals surface area contributed by atoms with Crippen LogP contribution in [0.2, 0.25) is 0 Å². The molecule has 5 rings (SSSR count). The third-order valence-corrected chi connectivity index (χ3v) is 11.4. The van der Waals surface area contributed by atoms with Crippen molar-refractivity contribution in [3.63, 3.8) is 0 Å². The molecule has 40 heavy (non-hydrogen) atoms. The first-order valence-electron chi connectivity index (χ1n) is 14.7. The lowest BCUT2D eigenvalue weighted by molar-refractivity contribution is -0.146. The van der Waals surface area contributed by atoms with Gasteiger partial charge in [0.05, 0.1) is 29.2 Å². The number of hydrogen-bond donors (Lipinski definition) is 1. The maximum absolute atomic E-state index is 14.8. The van der Waals surface area contributed by atoms with Gasteiger partial charge in [-0.1, -0.05) is 63.6 Å². The van der Waals surface area contributed by atoms with Crippen molar-refractivity contribution in [2.24, 2.45) is 17.8 Å². The van der Waals surface area contributed by atoms with E-state index in [-0.39, 0.29) is 30.2 Å². The fourth-order valence-corrected chi connectivity index (χ4v) is 9.52. The number of thioether (sulfide) groups is 1. The van der Waals surface area contributed by atoms with Gasteiger partial charge in [-0.25, -0.2) is 0 Å². The van der Waals surface area contributed by atoms with E-state index in [9.17, 15) is 19.5 Å². The van der Waals surface area contributed by atoms with Crippen molar-refractivity contribution in [1.82, 2.24) is 9.80 Å². The number of carbonyl (C=O) groups is 3. The smallest absolute Gasteiger partial charge is 0.251 e. The molecule has 0 bridgehead atoms. The topological polar surface area (TPSA) is 81.2 Å². The summed E-state index contributed by atoms with van der Waals surface area (Å²) in [7, 11) is 0. The number of rotatable bonds is 7. The minimum Gasteiger partial charge on any atom is -0.394 e. The molecule has 4 aliphatic heterocycles. The van der Waals surface area contributed by atoms with Crippen LogP contribution < -0.4 is 4.90 Å². The van der Waals surface area contributed by atoms with Gasteiger partial charge in [-0.3, -0.25) is 14.4 Å². The van der Waals surface area contributed by atoms with Crippen LogP contribution in [-0.2, 0) is 14.4 Å². The van der Waals surface area contributed by atoms with Crippen LogP contribution in [0, 0.1) is 31.6 Å². The van der Waals surface area contributed by atoms with Gasteiger partial charge in [-0.05, 0) is 50.3 Å². The summed E-state index contributed by atoms with van der Waals surface area (Å²) in [5.74, 6) is -1.66. The molecule has 1 unspecified atom stereocenters. The lowest BCUT2D eigenvalue weighted by Gasteiger charge is -2.41. The van der Waals surface area contributed by atoms with Crippen LogP contribution in [0.5, 0.6) is 0 Å². The molecule has 4 aliphatic rings. The zero-order valence-corrected chi connectivity index (χ0v) is 25.4. The molecule has 1 aromatic rings. The predicted octanol–water partition coefficient (Wildman–Crippen LogP) is 4.11. The molecule has 8 heteroatoms. The molecule has 0 aliphatic carbocycles. The van der Waals surface area contributed by atoms with E-state index in [1.165, 1.54) is 0 Å². The van der Waals surface area contributed by atoms with Gasteiger partial charge in [0.2, 0.25) is 11.8 Å². The lowest BCUT2D eigenvalue weighted by atomic mass is 9.74. The molecule has 1 aromatic carbocycles. The number of aliphatic hydroxyl groups is 1. The summed E-state index contributed by atoms with van der Waals surface area (Å²) in [6, 6.07) is 4.73. The Morgan fingerprint density at radius 1 is 1.02 bits per heavy atom. The largest absolute Gasteiger partial charge is 0.394 e. The summed E-state index contributed by atoms with van der Waals surface area (Å²) in [5, 5.41) is 10.6. The van der Waals surface area contributed by atoms with Gasteiger partial charge in [-0.15, -0.1) is 11.8 Å². The number of aliphatic hydroxyl groups excluding tert-OH is 1. The molecular formula is C32H43N3O4S. The standard InChI is InChI=1S/C32H43N3O4S/c1-7-15-33-16-9-13-31(6)25(28(33)37)26-29(38)35(24(19-36)21(4)8-2)27-30(39)34(17-10-14-32(26,27)40-31)23-18-20(3)11-12-22(23)5/h9-14,18,21,24-27,36H,7-8,15-17,19H2,1-6H3/t21-,24-,25-,26-,27?,31+,32-/m0/s1. The van der Waals surface area contributed by atoms with E-state index in [0.717, 1.165) is 29.7 Å². The molecule has 0 aromatic heterocycles. The summed E-state index contributed by atoms with van der Waals surface area (Å²) in [6.45, 7) is 13.5. The number of amides is 3. The molecule has 7 atom stereocenters. The maximum atomic E-state index is 14.8. The van der Waals surface area contributed by atoms with Crippen molar-refractivity contribution in [3.8, 4) is 0 Å². The van der Waals surface area contributed by atoms with E-state index in [4.69, 9.17) is 0 Å². The van der Waals surface area contributed by atoms with E-state index < -0.39 is 33.4 Å². The first-order valence-corrected chi connectivity index (χ1v) is 15.5. The number of nitrogens with zero attached hydrogens (tertiary/aromatic N) is 3. The van der Waals surface area contributed by atoms with Gasteiger partial charge in [0, 0.05) is 30.1 Å². The molecule has 1 N–H and O–H groups in total. The Balaban J connectivity index is 1.70. The summed E-state index contributed by atoms with van der Waals surface area (Å²) < 4.78 is -1.55. The number of anilines is 1. The van der Waals surface area contributed by atoms with Crippen molar-refractivity contribution in [2.45, 2.75) is 76.0 Å². The first kappa shape index (κ1) is 28.9. The van der Waals surface area contributed by atoms with Crippen molar-refractivity contribution < 1.29 is 19.5 Å². The second-order valence-electron chi connectivity index (χ2n) is 12.2. The van der Waals surface area contributed by atoms with Gasteiger partial charge in [0.25, 0.3) is 5.91 Å². The Labute approximate surface area is 242 Å². The van der Waals surface area contributed by atoms with Gasteiger partial charge in [-0.2, -0.15) is 0 Å². The maximum Gasteiger partial charge on any atom is 0.251 e. The van der Waals surface area contributed by atoms with Crippen LogP contribution in [0.1, 0.15) is 51.7 Å². The third kappa shape index (κ3) is 4.25. The normalized spacial score (nSPS) is 33.0. The number of aryl methyl sites for hydroxylation is 2. The summed E-state index contributed by atoms with van der Waals surface area (Å²) in [6.07, 6.45) is 9.81. The minimum atomic E-state index is -0.920. The van der Waals surface area contributed by atoms with Crippen molar-refractivity contribution >= 4 is 35.2 Å². The predicted molar refractivity (Wildman–Crippen MR) is 160 cm³/mol. The molecule has 2 fully saturated rings. The van der Waals surface area contributed by atoms with Crippen molar-refractivity contribution in [3.05, 3.63) is 53.6 Å². The zero-order chi connectivity index (χ0) is 29.0. The number of likely N-dealkylation sites (tertiary alicyclic amines) is 1. The van der Waals surface area contributed by atoms with E-state index in [2.05, 4.69) is 32.1 Å². The fourth-order valence-electron chi connectivity index (χ4n) is 7.38. The Kier molecular flexibility index (Phi) is 7.72. The van der Waals surface area contributed by atoms with Gasteiger partial charge in [0.1, 0.15) is 6.04 Å². The minimum absolute atomic E-state index is 0.0155. The van der Waals surface area contributed by atoms with Crippen LogP contribution in [0.4, 0.5) is 5.69 Å². The van der Waals surface area contributed by atoms with Crippen LogP contribution in [-0.4, -0.2) is 80.4 Å². The van der Waals surface area contributed by atoms with Gasteiger partial charge < -0.3 is 19.8 Å². The highest BCUT2D eigenvalue weighted by Crippen LogP contribution is 2.66. The summed E-state index contributed by atoms with van der Waals surface area (Å²) >= 11 is 1.60. The third-order valence-electron chi connectivity index (χ3n) is 9.57. The molecule has 0 radical (unpaired) electrons. The Hall–Kier alpha value is -2.58. The number of fused-ring (bicyclic) bond motifs is 2. The van der Waals surface area contributed by atoms with Crippen LogP contribution in [0.3, 0.4) is 0 Å². The fraction of sp³-hybridized carbons (Fsp3) is 0.594. The first-order chi connectivity index (χ1) is 19.0. The van der Waals surface area contributed by atoms with Crippen LogP contribution in [0.25, 0.3) is 0 Å². The zero-order valence-electron chi connectivity index (χ0n) is 24.6. The van der Waals surface area contributed by atoms with E-state index in [1.807, 2.05) is 56.9 Å². The Morgan fingerprint density at radius 2 is 1.75 bits per heavy atom. The summed E-state index contributed by atoms with van der Waals surface area (Å²) in [5.41, 5.74) is 2.87. The Morgan fingerprint density at radius 3 is 2.42 bits per heavy atom. The highest BCUT2D eigenvalue weighted by Gasteiger charge is 2.74. The monoisotopic (exact) mass is 565 g/mol. The average Bonchev–Trinajstić information content (AvgIpc) is 3.19.